The van der Waals surface area contributed by atoms with E-state index < -0.39 is 0 Å². The van der Waals surface area contributed by atoms with Gasteiger partial charge in [0.15, 0.2) is 6.61 Å². The van der Waals surface area contributed by atoms with Crippen LogP contribution in [0.5, 0.6) is 5.75 Å². The van der Waals surface area contributed by atoms with Crippen LogP contribution in [0.1, 0.15) is 5.56 Å². The second-order valence-electron chi connectivity index (χ2n) is 3.96. The van der Waals surface area contributed by atoms with Crippen LogP contribution >= 0.6 is 0 Å². The van der Waals surface area contributed by atoms with Gasteiger partial charge in [0.1, 0.15) is 5.75 Å². The first-order chi connectivity index (χ1) is 8.75. The molecular formula is C13H15N3O2. The Morgan fingerprint density at radius 3 is 2.83 bits per heavy atom. The fourth-order valence-electron chi connectivity index (χ4n) is 1.50. The molecule has 1 amide bonds. The van der Waals surface area contributed by atoms with Gasteiger partial charge in [-0.2, -0.15) is 5.10 Å². The first kappa shape index (κ1) is 12.2. The van der Waals surface area contributed by atoms with Crippen LogP contribution in [0.25, 0.3) is 0 Å². The van der Waals surface area contributed by atoms with Crippen LogP contribution in [0.15, 0.2) is 42.7 Å². The van der Waals surface area contributed by atoms with E-state index in [1.165, 1.54) is 0 Å². The zero-order valence-corrected chi connectivity index (χ0v) is 10.2. The molecule has 94 valence electrons. The summed E-state index contributed by atoms with van der Waals surface area (Å²) in [5, 5.41) is 6.55. The molecule has 0 fully saturated rings. The summed E-state index contributed by atoms with van der Waals surface area (Å²) in [6.45, 7) is 0.561. The molecule has 0 unspecified atom stereocenters. The number of aromatic nitrogens is 2. The SMILES string of the molecule is CN(Cc1cn[nH]c1)C(=O)COc1ccccc1. The van der Waals surface area contributed by atoms with Gasteiger partial charge in [0, 0.05) is 25.4 Å². The average molecular weight is 245 g/mol. The molecule has 0 aliphatic carbocycles. The molecule has 1 aromatic carbocycles. The Labute approximate surface area is 105 Å². The number of nitrogens with zero attached hydrogens (tertiary/aromatic N) is 2. The Balaban J connectivity index is 1.81. The maximum atomic E-state index is 11.8. The predicted molar refractivity (Wildman–Crippen MR) is 67.0 cm³/mol. The fraction of sp³-hybridized carbons (Fsp3) is 0.231. The number of ether oxygens (including phenoxy) is 1. The molecule has 0 saturated carbocycles. The maximum Gasteiger partial charge on any atom is 0.260 e. The number of nitrogens with one attached hydrogen (secondary N) is 1. The van der Waals surface area contributed by atoms with Gasteiger partial charge in [-0.05, 0) is 12.1 Å². The van der Waals surface area contributed by atoms with E-state index >= 15 is 0 Å². The number of para-hydroxylation sites is 1. The molecule has 2 aromatic rings. The topological polar surface area (TPSA) is 58.2 Å². The summed E-state index contributed by atoms with van der Waals surface area (Å²) in [5.41, 5.74) is 0.963. The minimum atomic E-state index is -0.0694. The highest BCUT2D eigenvalue weighted by Gasteiger charge is 2.10. The van der Waals surface area contributed by atoms with E-state index in [1.807, 2.05) is 30.3 Å². The quantitative estimate of drug-likeness (QED) is 0.867. The third-order valence-corrected chi connectivity index (χ3v) is 2.51. The first-order valence-corrected chi connectivity index (χ1v) is 5.65. The molecule has 18 heavy (non-hydrogen) atoms. The predicted octanol–water partition coefficient (Wildman–Crippen LogP) is 1.45. The standard InChI is InChI=1S/C13H15N3O2/c1-16(9-11-7-14-15-8-11)13(17)10-18-12-5-3-2-4-6-12/h2-8H,9-10H2,1H3,(H,14,15). The minimum absolute atomic E-state index is 0.0400. The lowest BCUT2D eigenvalue weighted by Gasteiger charge is -2.16. The van der Waals surface area contributed by atoms with Crippen LogP contribution in [-0.4, -0.2) is 34.7 Å². The highest BCUT2D eigenvalue weighted by Crippen LogP contribution is 2.08. The molecule has 0 aliphatic rings. The Morgan fingerprint density at radius 2 is 2.17 bits per heavy atom. The summed E-state index contributed by atoms with van der Waals surface area (Å²) in [7, 11) is 1.74. The Bertz CT molecular complexity index is 482. The number of benzene rings is 1. The number of aromatic amines is 1. The van der Waals surface area contributed by atoms with Crippen molar-refractivity contribution >= 4 is 5.91 Å². The molecule has 0 aliphatic heterocycles. The molecule has 2 rings (SSSR count). The van der Waals surface area contributed by atoms with Gasteiger partial charge in [0.05, 0.1) is 6.20 Å². The number of likely N-dealkylation sites (N-methyl/N-ethyl adjacent to an activating group) is 1. The summed E-state index contributed by atoms with van der Waals surface area (Å²) in [6, 6.07) is 9.29. The molecule has 0 saturated heterocycles. The molecule has 1 heterocycles. The van der Waals surface area contributed by atoms with E-state index in [0.717, 1.165) is 5.56 Å². The van der Waals surface area contributed by atoms with E-state index in [9.17, 15) is 4.79 Å². The normalized spacial score (nSPS) is 10.1. The lowest BCUT2D eigenvalue weighted by Crippen LogP contribution is -2.30. The van der Waals surface area contributed by atoms with Gasteiger partial charge in [-0.15, -0.1) is 0 Å². The molecule has 5 heteroatoms. The first-order valence-electron chi connectivity index (χ1n) is 5.65. The smallest absolute Gasteiger partial charge is 0.260 e. The van der Waals surface area contributed by atoms with Crippen LogP contribution < -0.4 is 4.74 Å². The maximum absolute atomic E-state index is 11.8. The number of hydrogen-bond acceptors (Lipinski definition) is 3. The van der Waals surface area contributed by atoms with Crippen LogP contribution in [0.4, 0.5) is 0 Å². The van der Waals surface area contributed by atoms with Crippen molar-refractivity contribution in [2.45, 2.75) is 6.54 Å². The molecule has 0 bridgehead atoms. The summed E-state index contributed by atoms with van der Waals surface area (Å²) in [4.78, 5) is 13.4. The van der Waals surface area contributed by atoms with Crippen molar-refractivity contribution in [1.82, 2.24) is 15.1 Å². The number of rotatable bonds is 5. The lowest BCUT2D eigenvalue weighted by molar-refractivity contribution is -0.132. The molecule has 5 nitrogen and oxygen atoms in total. The van der Waals surface area contributed by atoms with Crippen LogP contribution in [0.3, 0.4) is 0 Å². The molecule has 0 spiro atoms. The van der Waals surface area contributed by atoms with Gasteiger partial charge in [0.25, 0.3) is 5.91 Å². The zero-order chi connectivity index (χ0) is 12.8. The second-order valence-corrected chi connectivity index (χ2v) is 3.96. The number of H-pyrrole nitrogens is 1. The van der Waals surface area contributed by atoms with Crippen molar-refractivity contribution < 1.29 is 9.53 Å². The van der Waals surface area contributed by atoms with Crippen molar-refractivity contribution in [2.75, 3.05) is 13.7 Å². The number of amides is 1. The third kappa shape index (κ3) is 3.35. The minimum Gasteiger partial charge on any atom is -0.484 e. The summed E-state index contributed by atoms with van der Waals surface area (Å²) in [5.74, 6) is 0.627. The van der Waals surface area contributed by atoms with Gasteiger partial charge in [-0.1, -0.05) is 18.2 Å². The molecular weight excluding hydrogens is 230 g/mol. The molecule has 0 radical (unpaired) electrons. The number of carbonyl (C=O) groups excluding carboxylic acids is 1. The number of carbonyl (C=O) groups is 1. The molecule has 0 atom stereocenters. The summed E-state index contributed by atoms with van der Waals surface area (Å²) < 4.78 is 5.39. The van der Waals surface area contributed by atoms with Crippen LogP contribution in [0.2, 0.25) is 0 Å². The van der Waals surface area contributed by atoms with Crippen molar-refractivity contribution in [3.8, 4) is 5.75 Å². The summed E-state index contributed by atoms with van der Waals surface area (Å²) in [6.07, 6.45) is 3.46. The second kappa shape index (κ2) is 5.86. The van der Waals surface area contributed by atoms with E-state index in [1.54, 1.807) is 24.3 Å². The van der Waals surface area contributed by atoms with E-state index in [2.05, 4.69) is 10.2 Å². The van der Waals surface area contributed by atoms with E-state index in [4.69, 9.17) is 4.74 Å². The van der Waals surface area contributed by atoms with E-state index in [0.29, 0.717) is 12.3 Å². The van der Waals surface area contributed by atoms with Gasteiger partial charge in [-0.3, -0.25) is 9.89 Å². The van der Waals surface area contributed by atoms with Crippen molar-refractivity contribution in [3.05, 3.63) is 48.3 Å². The lowest BCUT2D eigenvalue weighted by atomic mass is 10.3. The van der Waals surface area contributed by atoms with Crippen molar-refractivity contribution in [1.29, 1.82) is 0 Å². The van der Waals surface area contributed by atoms with Crippen molar-refractivity contribution in [3.63, 3.8) is 0 Å². The molecule has 1 aromatic heterocycles. The van der Waals surface area contributed by atoms with Crippen molar-refractivity contribution in [2.24, 2.45) is 0 Å². The van der Waals surface area contributed by atoms with Gasteiger partial charge >= 0.3 is 0 Å². The molecule has 1 N–H and O–H groups in total. The largest absolute Gasteiger partial charge is 0.484 e. The monoisotopic (exact) mass is 245 g/mol. The van der Waals surface area contributed by atoms with E-state index in [-0.39, 0.29) is 12.5 Å². The van der Waals surface area contributed by atoms with Crippen LogP contribution in [0, 0.1) is 0 Å². The average Bonchev–Trinajstić information content (AvgIpc) is 2.90. The Hall–Kier alpha value is -2.30. The van der Waals surface area contributed by atoms with Gasteiger partial charge < -0.3 is 9.64 Å². The third-order valence-electron chi connectivity index (χ3n) is 2.51. The Kier molecular flexibility index (Phi) is 3.96. The number of hydrogen-bond donors (Lipinski definition) is 1. The van der Waals surface area contributed by atoms with Gasteiger partial charge in [-0.25, -0.2) is 0 Å². The Morgan fingerprint density at radius 1 is 1.39 bits per heavy atom. The highest BCUT2D eigenvalue weighted by molar-refractivity contribution is 5.77. The summed E-state index contributed by atoms with van der Waals surface area (Å²) >= 11 is 0. The zero-order valence-electron chi connectivity index (χ0n) is 10.2. The van der Waals surface area contributed by atoms with Gasteiger partial charge in [0.2, 0.25) is 0 Å². The highest BCUT2D eigenvalue weighted by atomic mass is 16.5. The van der Waals surface area contributed by atoms with Crippen LogP contribution in [-0.2, 0) is 11.3 Å². The fourth-order valence-corrected chi connectivity index (χ4v) is 1.50.